The van der Waals surface area contributed by atoms with Crippen LogP contribution in [0.4, 0.5) is 0 Å². The van der Waals surface area contributed by atoms with Gasteiger partial charge >= 0.3 is 0 Å². The molecule has 0 bridgehead atoms. The van der Waals surface area contributed by atoms with Crippen molar-refractivity contribution in [2.45, 2.75) is 12.5 Å². The van der Waals surface area contributed by atoms with Crippen LogP contribution in [0.5, 0.6) is 0 Å². The van der Waals surface area contributed by atoms with E-state index in [2.05, 4.69) is 15.9 Å². The number of furan rings is 1. The molecule has 1 atom stereocenters. The number of aliphatic hydroxyl groups excluding tert-OH is 1. The molecule has 0 fully saturated rings. The van der Waals surface area contributed by atoms with Gasteiger partial charge in [0, 0.05) is 15.8 Å². The first-order valence-electron chi connectivity index (χ1n) is 4.32. The summed E-state index contributed by atoms with van der Waals surface area (Å²) in [6.07, 6.45) is -0.116. The first-order valence-corrected chi connectivity index (χ1v) is 6.37. The van der Waals surface area contributed by atoms with Gasteiger partial charge in [0.05, 0.1) is 0 Å². The summed E-state index contributed by atoms with van der Waals surface area (Å²) < 4.78 is 6.16. The molecule has 2 rings (SSSR count). The Morgan fingerprint density at radius 3 is 2.80 bits per heavy atom. The Bertz CT molecular complexity index is 452. The number of thiophene rings is 1. The Hall–Kier alpha value is -0.290. The summed E-state index contributed by atoms with van der Waals surface area (Å²) in [6.45, 7) is 0. The molecule has 80 valence electrons. The first-order chi connectivity index (χ1) is 7.16. The summed E-state index contributed by atoms with van der Waals surface area (Å²) in [7, 11) is 0. The van der Waals surface area contributed by atoms with E-state index in [1.807, 2.05) is 11.4 Å². The summed E-state index contributed by atoms with van der Waals surface area (Å²) in [5.41, 5.74) is 0. The Kier molecular flexibility index (Phi) is 3.51. The van der Waals surface area contributed by atoms with Gasteiger partial charge in [-0.05, 0) is 51.1 Å². The van der Waals surface area contributed by atoms with E-state index >= 15 is 0 Å². The van der Waals surface area contributed by atoms with Gasteiger partial charge in [-0.15, -0.1) is 11.3 Å². The van der Waals surface area contributed by atoms with Crippen molar-refractivity contribution < 1.29 is 9.52 Å². The number of hydrogen-bond acceptors (Lipinski definition) is 3. The average molecular weight is 308 g/mol. The molecule has 2 aromatic rings. The van der Waals surface area contributed by atoms with Gasteiger partial charge in [-0.3, -0.25) is 0 Å². The van der Waals surface area contributed by atoms with Crippen LogP contribution < -0.4 is 0 Å². The third-order valence-electron chi connectivity index (χ3n) is 1.99. The van der Waals surface area contributed by atoms with E-state index in [0.29, 0.717) is 17.4 Å². The zero-order chi connectivity index (χ0) is 10.8. The van der Waals surface area contributed by atoms with E-state index in [-0.39, 0.29) is 0 Å². The molecule has 2 heterocycles. The Balaban J connectivity index is 2.10. The number of hydrogen-bond donors (Lipinski definition) is 1. The highest BCUT2D eigenvalue weighted by Gasteiger charge is 2.14. The molecule has 0 saturated carbocycles. The molecule has 15 heavy (non-hydrogen) atoms. The van der Waals surface area contributed by atoms with Crippen LogP contribution in [-0.4, -0.2) is 5.11 Å². The first kappa shape index (κ1) is 11.2. The molecule has 0 aliphatic heterocycles. The van der Waals surface area contributed by atoms with Gasteiger partial charge < -0.3 is 9.52 Å². The van der Waals surface area contributed by atoms with Crippen LogP contribution in [0.1, 0.15) is 16.7 Å². The zero-order valence-electron chi connectivity index (χ0n) is 7.61. The number of rotatable bonds is 3. The van der Waals surface area contributed by atoms with Crippen LogP contribution in [0, 0.1) is 0 Å². The zero-order valence-corrected chi connectivity index (χ0v) is 10.8. The molecule has 0 saturated heterocycles. The minimum Gasteiger partial charge on any atom is -0.447 e. The monoisotopic (exact) mass is 306 g/mol. The van der Waals surface area contributed by atoms with Crippen molar-refractivity contribution in [2.24, 2.45) is 0 Å². The average Bonchev–Trinajstić information content (AvgIpc) is 2.77. The van der Waals surface area contributed by atoms with Crippen LogP contribution in [0.15, 0.2) is 32.5 Å². The fourth-order valence-electron chi connectivity index (χ4n) is 1.25. The quantitative estimate of drug-likeness (QED) is 0.928. The largest absolute Gasteiger partial charge is 0.447 e. The van der Waals surface area contributed by atoms with E-state index in [4.69, 9.17) is 16.0 Å². The second kappa shape index (κ2) is 4.70. The molecule has 1 unspecified atom stereocenters. The van der Waals surface area contributed by atoms with E-state index in [1.165, 1.54) is 0 Å². The van der Waals surface area contributed by atoms with Crippen molar-refractivity contribution in [3.63, 3.8) is 0 Å². The number of aliphatic hydroxyl groups is 1. The summed E-state index contributed by atoms with van der Waals surface area (Å²) >= 11 is 10.6. The van der Waals surface area contributed by atoms with E-state index in [9.17, 15) is 5.11 Å². The predicted octanol–water partition coefficient (Wildman–Crippen LogP) is 4.03. The van der Waals surface area contributed by atoms with E-state index in [0.717, 1.165) is 9.35 Å². The smallest absolute Gasteiger partial charge is 0.193 e. The highest BCUT2D eigenvalue weighted by molar-refractivity contribution is 9.10. The molecule has 0 aromatic carbocycles. The molecule has 0 spiro atoms. The minimum atomic E-state index is -0.646. The lowest BCUT2D eigenvalue weighted by molar-refractivity contribution is 0.151. The minimum absolute atomic E-state index is 0.300. The van der Waals surface area contributed by atoms with Crippen molar-refractivity contribution in [1.29, 1.82) is 0 Å². The summed E-state index contributed by atoms with van der Waals surface area (Å²) in [6, 6.07) is 5.28. The van der Waals surface area contributed by atoms with Crippen molar-refractivity contribution >= 4 is 38.9 Å². The highest BCUT2D eigenvalue weighted by atomic mass is 79.9. The summed E-state index contributed by atoms with van der Waals surface area (Å²) in [5.74, 6) is 0.500. The molecule has 1 N–H and O–H groups in total. The Labute approximate surface area is 105 Å². The van der Waals surface area contributed by atoms with Gasteiger partial charge in [0.1, 0.15) is 11.9 Å². The SMILES string of the molecule is OC(Cc1sccc1Br)c1ccc(Cl)o1. The fourth-order valence-corrected chi connectivity index (χ4v) is 2.96. The lowest BCUT2D eigenvalue weighted by Crippen LogP contribution is -1.98. The molecule has 0 amide bonds. The maximum Gasteiger partial charge on any atom is 0.193 e. The van der Waals surface area contributed by atoms with Gasteiger partial charge in [-0.25, -0.2) is 0 Å². The van der Waals surface area contributed by atoms with Gasteiger partial charge in [-0.1, -0.05) is 0 Å². The lowest BCUT2D eigenvalue weighted by Gasteiger charge is -2.05. The summed E-state index contributed by atoms with van der Waals surface area (Å²) in [5, 5.41) is 12.1. The van der Waals surface area contributed by atoms with Gasteiger partial charge in [-0.2, -0.15) is 0 Å². The Morgan fingerprint density at radius 2 is 2.27 bits per heavy atom. The maximum atomic E-state index is 9.86. The van der Waals surface area contributed by atoms with Crippen LogP contribution in [0.25, 0.3) is 0 Å². The lowest BCUT2D eigenvalue weighted by atomic mass is 10.2. The van der Waals surface area contributed by atoms with Crippen molar-refractivity contribution in [3.8, 4) is 0 Å². The van der Waals surface area contributed by atoms with Gasteiger partial charge in [0.25, 0.3) is 0 Å². The molecule has 0 radical (unpaired) electrons. The van der Waals surface area contributed by atoms with Gasteiger partial charge in [0.2, 0.25) is 0 Å². The molecule has 5 heteroatoms. The second-order valence-electron chi connectivity index (χ2n) is 3.05. The third kappa shape index (κ3) is 2.64. The van der Waals surface area contributed by atoms with Crippen molar-refractivity contribution in [1.82, 2.24) is 0 Å². The van der Waals surface area contributed by atoms with Crippen LogP contribution in [-0.2, 0) is 6.42 Å². The molecule has 2 nitrogen and oxygen atoms in total. The molecular formula is C10H8BrClO2S. The van der Waals surface area contributed by atoms with E-state index < -0.39 is 6.10 Å². The molecule has 0 aliphatic carbocycles. The number of halogens is 2. The third-order valence-corrected chi connectivity index (χ3v) is 4.14. The normalized spacial score (nSPS) is 13.0. The molecular weight excluding hydrogens is 300 g/mol. The molecule has 2 aromatic heterocycles. The fraction of sp³-hybridized carbons (Fsp3) is 0.200. The maximum absolute atomic E-state index is 9.86. The molecule has 0 aliphatic rings. The standard InChI is InChI=1S/C10H8BrClO2S/c11-6-3-4-15-9(6)5-7(13)8-1-2-10(12)14-8/h1-4,7,13H,5H2. The van der Waals surface area contributed by atoms with E-state index in [1.54, 1.807) is 23.5 Å². The van der Waals surface area contributed by atoms with Crippen LogP contribution in [0.2, 0.25) is 5.22 Å². The Morgan fingerprint density at radius 1 is 1.47 bits per heavy atom. The second-order valence-corrected chi connectivity index (χ2v) is 5.28. The van der Waals surface area contributed by atoms with Crippen molar-refractivity contribution in [3.05, 3.63) is 43.9 Å². The van der Waals surface area contributed by atoms with Crippen molar-refractivity contribution in [2.75, 3.05) is 0 Å². The highest BCUT2D eigenvalue weighted by Crippen LogP contribution is 2.29. The summed E-state index contributed by atoms with van der Waals surface area (Å²) in [4.78, 5) is 1.09. The van der Waals surface area contributed by atoms with Crippen LogP contribution >= 0.6 is 38.9 Å². The predicted molar refractivity (Wildman–Crippen MR) is 64.4 cm³/mol. The van der Waals surface area contributed by atoms with Crippen LogP contribution in [0.3, 0.4) is 0 Å². The van der Waals surface area contributed by atoms with Gasteiger partial charge in [0.15, 0.2) is 5.22 Å². The topological polar surface area (TPSA) is 33.4 Å².